The maximum atomic E-state index is 13.0. The molecule has 0 atom stereocenters. The number of oxime groups is 1. The van der Waals surface area contributed by atoms with Crippen LogP contribution in [0.3, 0.4) is 0 Å². The average Bonchev–Trinajstić information content (AvgIpc) is 3.12. The number of rotatable bonds is 2. The second kappa shape index (κ2) is 7.73. The lowest BCUT2D eigenvalue weighted by Crippen LogP contribution is -2.48. The second-order valence-corrected chi connectivity index (χ2v) is 9.46. The summed E-state index contributed by atoms with van der Waals surface area (Å²) in [5, 5.41) is 13.3. The van der Waals surface area contributed by atoms with Gasteiger partial charge in [0.25, 0.3) is 5.91 Å². The van der Waals surface area contributed by atoms with Crippen molar-refractivity contribution in [2.75, 3.05) is 36.8 Å². The first-order valence-electron chi connectivity index (χ1n) is 8.85. The van der Waals surface area contributed by atoms with Crippen molar-refractivity contribution in [1.82, 2.24) is 4.90 Å². The molecule has 1 fully saturated rings. The van der Waals surface area contributed by atoms with Crippen molar-refractivity contribution in [3.63, 3.8) is 0 Å². The molecule has 27 heavy (non-hydrogen) atoms. The topological polar surface area (TPSA) is 56.1 Å². The number of benzene rings is 1. The molecule has 4 rings (SSSR count). The molecule has 0 saturated carbocycles. The number of thiophene rings is 1. The number of nitrogens with zero attached hydrogens (tertiary/aromatic N) is 3. The number of hydrogen-bond donors (Lipinski definition) is 1. The Bertz CT molecular complexity index is 884. The first kappa shape index (κ1) is 18.7. The van der Waals surface area contributed by atoms with Gasteiger partial charge in [-0.3, -0.25) is 4.79 Å². The van der Waals surface area contributed by atoms with Crippen LogP contribution in [-0.2, 0) is 0 Å². The quantitative estimate of drug-likeness (QED) is 0.578. The van der Waals surface area contributed by atoms with E-state index in [0.717, 1.165) is 56.2 Å². The molecule has 2 aromatic rings. The third-order valence-corrected chi connectivity index (χ3v) is 7.70. The van der Waals surface area contributed by atoms with Gasteiger partial charge in [-0.25, -0.2) is 0 Å². The number of aryl methyl sites for hydroxylation is 1. The monoisotopic (exact) mass is 421 g/mol. The zero-order chi connectivity index (χ0) is 19.0. The lowest BCUT2D eigenvalue weighted by molar-refractivity contribution is 0.0751. The number of hydrogen-bond acceptors (Lipinski definition) is 6. The number of piperazine rings is 1. The zero-order valence-corrected chi connectivity index (χ0v) is 17.3. The van der Waals surface area contributed by atoms with Crippen LogP contribution in [0, 0.1) is 6.92 Å². The molecule has 2 aliphatic heterocycles. The fourth-order valence-corrected chi connectivity index (χ4v) is 6.37. The molecule has 3 heterocycles. The zero-order valence-electron chi connectivity index (χ0n) is 14.9. The highest BCUT2D eigenvalue weighted by molar-refractivity contribution is 8.01. The lowest BCUT2D eigenvalue weighted by atomic mass is 10.1. The van der Waals surface area contributed by atoms with E-state index in [2.05, 4.69) is 23.0 Å². The average molecular weight is 422 g/mol. The van der Waals surface area contributed by atoms with Crippen molar-refractivity contribution in [2.24, 2.45) is 5.16 Å². The van der Waals surface area contributed by atoms with Crippen molar-refractivity contribution in [3.8, 4) is 0 Å². The number of halogens is 1. The molecule has 0 radical (unpaired) electrons. The Morgan fingerprint density at radius 2 is 2.04 bits per heavy atom. The number of amides is 1. The molecule has 1 aromatic heterocycles. The van der Waals surface area contributed by atoms with E-state index in [4.69, 9.17) is 11.6 Å². The molecular formula is C19H20ClN3O2S2. The van der Waals surface area contributed by atoms with Gasteiger partial charge in [0.1, 0.15) is 0 Å². The fraction of sp³-hybridized carbons (Fsp3) is 0.368. The molecule has 1 saturated heterocycles. The molecule has 1 aromatic carbocycles. The molecule has 0 bridgehead atoms. The van der Waals surface area contributed by atoms with E-state index in [9.17, 15) is 10.0 Å². The van der Waals surface area contributed by atoms with Crippen LogP contribution in [0.5, 0.6) is 0 Å². The van der Waals surface area contributed by atoms with E-state index < -0.39 is 0 Å². The van der Waals surface area contributed by atoms with E-state index in [0.29, 0.717) is 18.8 Å². The molecule has 2 aliphatic rings. The van der Waals surface area contributed by atoms with Gasteiger partial charge in [0.05, 0.1) is 25.5 Å². The number of carbonyl (C=O) groups excluding carboxylic acids is 1. The molecule has 0 aliphatic carbocycles. The summed E-state index contributed by atoms with van der Waals surface area (Å²) in [6, 6.07) is 7.82. The van der Waals surface area contributed by atoms with Crippen molar-refractivity contribution in [3.05, 3.63) is 45.3 Å². The van der Waals surface area contributed by atoms with Crippen molar-refractivity contribution < 1.29 is 10.0 Å². The van der Waals surface area contributed by atoms with E-state index in [-0.39, 0.29) is 5.91 Å². The van der Waals surface area contributed by atoms with Crippen LogP contribution < -0.4 is 4.90 Å². The fourth-order valence-electron chi connectivity index (χ4n) is 3.58. The summed E-state index contributed by atoms with van der Waals surface area (Å²) < 4.78 is 1.07. The van der Waals surface area contributed by atoms with Crippen LogP contribution in [0.2, 0.25) is 5.02 Å². The summed E-state index contributed by atoms with van der Waals surface area (Å²) in [4.78, 5) is 17.9. The van der Waals surface area contributed by atoms with Crippen LogP contribution in [0.15, 0.2) is 33.6 Å². The molecular weight excluding hydrogens is 402 g/mol. The standard InChI is InChI=1S/C19H20ClN3O2S2/c1-12-3-2-4-14(20)17(12)22-6-8-23(9-7-22)18(24)16-11-13-15(21-25)5-10-26-19(13)27-16/h2-4,11,25H,5-10H2,1H3. The van der Waals surface area contributed by atoms with E-state index in [1.54, 1.807) is 11.8 Å². The van der Waals surface area contributed by atoms with E-state index in [1.165, 1.54) is 11.3 Å². The Labute approximate surface area is 171 Å². The summed E-state index contributed by atoms with van der Waals surface area (Å²) in [6.07, 6.45) is 0.731. The minimum atomic E-state index is 0.0582. The third kappa shape index (κ3) is 3.56. The molecule has 1 amide bonds. The Balaban J connectivity index is 1.47. The Morgan fingerprint density at radius 1 is 1.26 bits per heavy atom. The SMILES string of the molecule is Cc1cccc(Cl)c1N1CCN(C(=O)c2cc3c(s2)SCCC3=NO)CC1. The lowest BCUT2D eigenvalue weighted by Gasteiger charge is -2.37. The minimum Gasteiger partial charge on any atom is -0.411 e. The first-order chi connectivity index (χ1) is 13.1. The minimum absolute atomic E-state index is 0.0582. The van der Waals surface area contributed by atoms with E-state index >= 15 is 0 Å². The second-order valence-electron chi connectivity index (χ2n) is 6.64. The largest absolute Gasteiger partial charge is 0.411 e. The molecule has 0 spiro atoms. The smallest absolute Gasteiger partial charge is 0.264 e. The molecule has 0 unspecified atom stereocenters. The summed E-state index contributed by atoms with van der Waals surface area (Å²) in [7, 11) is 0. The number of carbonyl (C=O) groups is 1. The first-order valence-corrected chi connectivity index (χ1v) is 11.0. The van der Waals surface area contributed by atoms with Gasteiger partial charge >= 0.3 is 0 Å². The summed E-state index contributed by atoms with van der Waals surface area (Å²) >= 11 is 9.62. The van der Waals surface area contributed by atoms with Gasteiger partial charge in [-0.1, -0.05) is 28.9 Å². The van der Waals surface area contributed by atoms with Gasteiger partial charge in [-0.15, -0.1) is 23.1 Å². The van der Waals surface area contributed by atoms with Gasteiger partial charge in [-0.05, 0) is 24.6 Å². The van der Waals surface area contributed by atoms with Gasteiger partial charge in [0.15, 0.2) is 0 Å². The van der Waals surface area contributed by atoms with Crippen LogP contribution in [0.4, 0.5) is 5.69 Å². The van der Waals surface area contributed by atoms with Gasteiger partial charge in [-0.2, -0.15) is 0 Å². The van der Waals surface area contributed by atoms with E-state index in [1.807, 2.05) is 23.1 Å². The predicted molar refractivity (Wildman–Crippen MR) is 112 cm³/mol. The molecule has 142 valence electrons. The number of para-hydroxylation sites is 1. The number of anilines is 1. The summed E-state index contributed by atoms with van der Waals surface area (Å²) in [5.74, 6) is 0.943. The van der Waals surface area contributed by atoms with Crippen LogP contribution in [0.25, 0.3) is 0 Å². The Morgan fingerprint density at radius 3 is 2.74 bits per heavy atom. The van der Waals surface area contributed by atoms with Crippen LogP contribution in [0.1, 0.15) is 27.2 Å². The highest BCUT2D eigenvalue weighted by Gasteiger charge is 2.28. The number of fused-ring (bicyclic) bond motifs is 1. The summed E-state index contributed by atoms with van der Waals surface area (Å²) in [6.45, 7) is 4.92. The van der Waals surface area contributed by atoms with Gasteiger partial charge < -0.3 is 15.0 Å². The third-order valence-electron chi connectivity index (χ3n) is 4.98. The van der Waals surface area contributed by atoms with Crippen molar-refractivity contribution in [2.45, 2.75) is 17.6 Å². The van der Waals surface area contributed by atoms with Crippen molar-refractivity contribution >= 4 is 52.0 Å². The highest BCUT2D eigenvalue weighted by atomic mass is 35.5. The van der Waals surface area contributed by atoms with Crippen LogP contribution in [-0.4, -0.2) is 53.7 Å². The Kier molecular flexibility index (Phi) is 5.34. The molecule has 1 N–H and O–H groups in total. The number of thioether (sulfide) groups is 1. The van der Waals surface area contributed by atoms with Gasteiger partial charge in [0.2, 0.25) is 0 Å². The maximum Gasteiger partial charge on any atom is 0.264 e. The van der Waals surface area contributed by atoms with Crippen LogP contribution >= 0.6 is 34.7 Å². The summed E-state index contributed by atoms with van der Waals surface area (Å²) in [5.41, 5.74) is 3.81. The normalized spacial score (nSPS) is 18.7. The molecule has 5 nitrogen and oxygen atoms in total. The van der Waals surface area contributed by atoms with Gasteiger partial charge in [0, 0.05) is 43.9 Å². The Hall–Kier alpha value is -1.70. The maximum absolute atomic E-state index is 13.0. The molecule has 8 heteroatoms. The van der Waals surface area contributed by atoms with Crippen molar-refractivity contribution in [1.29, 1.82) is 0 Å². The highest BCUT2D eigenvalue weighted by Crippen LogP contribution is 2.38. The predicted octanol–water partition coefficient (Wildman–Crippen LogP) is 4.35.